The summed E-state index contributed by atoms with van der Waals surface area (Å²) in [5.74, 6) is -2.42. The lowest BCUT2D eigenvalue weighted by Gasteiger charge is -2.11. The van der Waals surface area contributed by atoms with E-state index in [1.807, 2.05) is 0 Å². The number of halogens is 2. The topological polar surface area (TPSA) is 26.0 Å². The van der Waals surface area contributed by atoms with E-state index in [1.165, 1.54) is 0 Å². The van der Waals surface area contributed by atoms with Crippen LogP contribution in [0.25, 0.3) is 5.57 Å². The fraction of sp³-hybridized carbons (Fsp3) is 0.273. The standard InChI is InChI=1S/C11H13F2NS/c1-6(2)8-5-9(14)7(3)4-10(8)15-11(12)13/h4-5,11H,1,14H2,2-3H3. The highest BCUT2D eigenvalue weighted by Crippen LogP contribution is 2.34. The van der Waals surface area contributed by atoms with Crippen molar-refractivity contribution >= 4 is 23.0 Å². The van der Waals surface area contributed by atoms with Crippen LogP contribution in [0.1, 0.15) is 18.1 Å². The van der Waals surface area contributed by atoms with Gasteiger partial charge in [0.1, 0.15) is 0 Å². The van der Waals surface area contributed by atoms with Crippen molar-refractivity contribution in [2.24, 2.45) is 0 Å². The van der Waals surface area contributed by atoms with Crippen LogP contribution < -0.4 is 5.73 Å². The molecule has 0 amide bonds. The number of benzene rings is 1. The maximum atomic E-state index is 12.3. The summed E-state index contributed by atoms with van der Waals surface area (Å²) in [7, 11) is 0. The number of rotatable bonds is 3. The van der Waals surface area contributed by atoms with Crippen LogP contribution in [-0.4, -0.2) is 5.76 Å². The smallest absolute Gasteiger partial charge is 0.288 e. The molecular weight excluding hydrogens is 216 g/mol. The maximum absolute atomic E-state index is 12.3. The van der Waals surface area contributed by atoms with Crippen molar-refractivity contribution in [2.45, 2.75) is 24.5 Å². The van der Waals surface area contributed by atoms with Crippen molar-refractivity contribution < 1.29 is 8.78 Å². The first-order valence-corrected chi connectivity index (χ1v) is 5.30. The number of anilines is 1. The Kier molecular flexibility index (Phi) is 3.74. The molecule has 0 fully saturated rings. The minimum atomic E-state index is -2.42. The zero-order chi connectivity index (χ0) is 11.6. The van der Waals surface area contributed by atoms with Crippen LogP contribution in [0.5, 0.6) is 0 Å². The lowest BCUT2D eigenvalue weighted by atomic mass is 10.1. The maximum Gasteiger partial charge on any atom is 0.288 e. The van der Waals surface area contributed by atoms with E-state index in [-0.39, 0.29) is 0 Å². The Labute approximate surface area is 92.4 Å². The number of thioether (sulfide) groups is 1. The first-order chi connectivity index (χ1) is 6.91. The largest absolute Gasteiger partial charge is 0.398 e. The number of alkyl halides is 2. The molecule has 0 aliphatic carbocycles. The number of hydrogen-bond acceptors (Lipinski definition) is 2. The number of aryl methyl sites for hydroxylation is 1. The number of nitrogen functional groups attached to an aromatic ring is 1. The third-order valence-corrected chi connectivity index (χ3v) is 2.81. The first kappa shape index (κ1) is 12.0. The molecule has 1 aromatic carbocycles. The van der Waals surface area contributed by atoms with Gasteiger partial charge in [0.25, 0.3) is 5.76 Å². The van der Waals surface area contributed by atoms with Crippen molar-refractivity contribution in [1.82, 2.24) is 0 Å². The monoisotopic (exact) mass is 229 g/mol. The average molecular weight is 229 g/mol. The van der Waals surface area contributed by atoms with Gasteiger partial charge < -0.3 is 5.73 Å². The van der Waals surface area contributed by atoms with Gasteiger partial charge in [-0.25, -0.2) is 0 Å². The van der Waals surface area contributed by atoms with Gasteiger partial charge in [0.15, 0.2) is 0 Å². The fourth-order valence-electron chi connectivity index (χ4n) is 1.23. The van der Waals surface area contributed by atoms with Gasteiger partial charge in [-0.1, -0.05) is 18.3 Å². The normalized spacial score (nSPS) is 10.7. The molecule has 0 radical (unpaired) electrons. The molecule has 0 saturated carbocycles. The molecule has 4 heteroatoms. The number of nitrogens with two attached hydrogens (primary N) is 1. The second kappa shape index (κ2) is 4.66. The molecule has 0 atom stereocenters. The SMILES string of the molecule is C=C(C)c1cc(N)c(C)cc1SC(F)F. The van der Waals surface area contributed by atoms with E-state index >= 15 is 0 Å². The molecule has 0 spiro atoms. The molecule has 0 bridgehead atoms. The van der Waals surface area contributed by atoms with Gasteiger partial charge in [0, 0.05) is 10.6 Å². The molecule has 0 aliphatic rings. The second-order valence-electron chi connectivity index (χ2n) is 3.36. The predicted octanol–water partition coefficient (Wildman–Crippen LogP) is 3.93. The van der Waals surface area contributed by atoms with Crippen molar-refractivity contribution in [2.75, 3.05) is 5.73 Å². The summed E-state index contributed by atoms with van der Waals surface area (Å²) in [5.41, 5.74) is 8.57. The molecule has 0 aliphatic heterocycles. The Morgan fingerprint density at radius 1 is 1.47 bits per heavy atom. The molecule has 1 rings (SSSR count). The van der Waals surface area contributed by atoms with E-state index in [1.54, 1.807) is 26.0 Å². The highest BCUT2D eigenvalue weighted by atomic mass is 32.2. The third-order valence-electron chi connectivity index (χ3n) is 2.04. The van der Waals surface area contributed by atoms with Gasteiger partial charge in [-0.2, -0.15) is 8.78 Å². The van der Waals surface area contributed by atoms with Crippen LogP contribution in [0.4, 0.5) is 14.5 Å². The van der Waals surface area contributed by atoms with Gasteiger partial charge in [-0.05, 0) is 42.7 Å². The summed E-state index contributed by atoms with van der Waals surface area (Å²) >= 11 is 0.527. The molecule has 2 N–H and O–H groups in total. The van der Waals surface area contributed by atoms with Gasteiger partial charge >= 0.3 is 0 Å². The van der Waals surface area contributed by atoms with Crippen LogP contribution >= 0.6 is 11.8 Å². The van der Waals surface area contributed by atoms with Crippen molar-refractivity contribution in [1.29, 1.82) is 0 Å². The van der Waals surface area contributed by atoms with E-state index < -0.39 is 5.76 Å². The number of allylic oxidation sites excluding steroid dienone is 1. The highest BCUT2D eigenvalue weighted by Gasteiger charge is 2.12. The van der Waals surface area contributed by atoms with Gasteiger partial charge in [0.05, 0.1) is 0 Å². The van der Waals surface area contributed by atoms with Gasteiger partial charge in [0.2, 0.25) is 0 Å². The quantitative estimate of drug-likeness (QED) is 0.628. The molecule has 1 nitrogen and oxygen atoms in total. The lowest BCUT2D eigenvalue weighted by molar-refractivity contribution is 0.252. The summed E-state index contributed by atoms with van der Waals surface area (Å²) in [4.78, 5) is 0.532. The van der Waals surface area contributed by atoms with Crippen LogP contribution in [0.15, 0.2) is 23.6 Å². The summed E-state index contributed by atoms with van der Waals surface area (Å²) in [6.45, 7) is 7.33. The van der Waals surface area contributed by atoms with Crippen LogP contribution in [0.2, 0.25) is 0 Å². The Morgan fingerprint density at radius 2 is 2.07 bits per heavy atom. The molecule has 1 aromatic rings. The van der Waals surface area contributed by atoms with Crippen molar-refractivity contribution in [3.8, 4) is 0 Å². The lowest BCUT2D eigenvalue weighted by Crippen LogP contribution is -1.95. The van der Waals surface area contributed by atoms with Gasteiger partial charge in [-0.3, -0.25) is 0 Å². The van der Waals surface area contributed by atoms with Crippen LogP contribution in [-0.2, 0) is 0 Å². The summed E-state index contributed by atoms with van der Waals surface area (Å²) in [6, 6.07) is 3.37. The van der Waals surface area contributed by atoms with E-state index in [0.29, 0.717) is 27.9 Å². The van der Waals surface area contributed by atoms with E-state index in [0.717, 1.165) is 11.1 Å². The predicted molar refractivity (Wildman–Crippen MR) is 62.2 cm³/mol. The Bertz CT molecular complexity index is 388. The Balaban J connectivity index is 3.22. The zero-order valence-corrected chi connectivity index (χ0v) is 9.50. The third kappa shape index (κ3) is 2.96. The van der Waals surface area contributed by atoms with Crippen LogP contribution in [0.3, 0.4) is 0 Å². The van der Waals surface area contributed by atoms with Crippen molar-refractivity contribution in [3.63, 3.8) is 0 Å². The molecule has 15 heavy (non-hydrogen) atoms. The number of hydrogen-bond donors (Lipinski definition) is 1. The summed E-state index contributed by atoms with van der Waals surface area (Å²) in [5, 5.41) is 0. The zero-order valence-electron chi connectivity index (χ0n) is 8.68. The van der Waals surface area contributed by atoms with Crippen LogP contribution in [0, 0.1) is 6.92 Å². The fourth-order valence-corrected chi connectivity index (χ4v) is 2.02. The molecule has 0 heterocycles. The average Bonchev–Trinajstić information content (AvgIpc) is 2.09. The Hall–Kier alpha value is -1.03. The molecule has 0 unspecified atom stereocenters. The van der Waals surface area contributed by atoms with E-state index in [2.05, 4.69) is 6.58 Å². The van der Waals surface area contributed by atoms with Crippen molar-refractivity contribution in [3.05, 3.63) is 29.8 Å². The first-order valence-electron chi connectivity index (χ1n) is 4.42. The van der Waals surface area contributed by atoms with E-state index in [4.69, 9.17) is 5.73 Å². The second-order valence-corrected chi connectivity index (χ2v) is 4.40. The summed E-state index contributed by atoms with van der Waals surface area (Å²) < 4.78 is 24.6. The Morgan fingerprint density at radius 3 is 2.53 bits per heavy atom. The van der Waals surface area contributed by atoms with Gasteiger partial charge in [-0.15, -0.1) is 0 Å². The van der Waals surface area contributed by atoms with E-state index in [9.17, 15) is 8.78 Å². The summed E-state index contributed by atoms with van der Waals surface area (Å²) in [6.07, 6.45) is 0. The molecule has 0 aromatic heterocycles. The minimum Gasteiger partial charge on any atom is -0.398 e. The molecule has 0 saturated heterocycles. The minimum absolute atomic E-state index is 0.527. The molecule has 82 valence electrons. The molecular formula is C11H13F2NS. The highest BCUT2D eigenvalue weighted by molar-refractivity contribution is 7.99.